The second-order valence-corrected chi connectivity index (χ2v) is 7.53. The highest BCUT2D eigenvalue weighted by Crippen LogP contribution is 2.15. The van der Waals surface area contributed by atoms with Crippen molar-refractivity contribution < 1.29 is 29.3 Å². The first-order chi connectivity index (χ1) is 10.3. The van der Waals surface area contributed by atoms with Crippen molar-refractivity contribution in [2.24, 2.45) is 5.41 Å². The van der Waals surface area contributed by atoms with E-state index in [1.165, 1.54) is 0 Å². The minimum atomic E-state index is -1.12. The summed E-state index contributed by atoms with van der Waals surface area (Å²) in [6.07, 6.45) is -1.33. The van der Waals surface area contributed by atoms with Gasteiger partial charge < -0.3 is 30.3 Å². The quantitative estimate of drug-likeness (QED) is 0.576. The molecule has 0 heterocycles. The van der Waals surface area contributed by atoms with Crippen LogP contribution in [0.15, 0.2) is 0 Å². The molecule has 0 atom stereocenters. The van der Waals surface area contributed by atoms with Gasteiger partial charge in [0.2, 0.25) is 0 Å². The van der Waals surface area contributed by atoms with Crippen molar-refractivity contribution in [1.82, 2.24) is 10.6 Å². The summed E-state index contributed by atoms with van der Waals surface area (Å²) in [5.41, 5.74) is -2.42. The predicted octanol–water partition coefficient (Wildman–Crippen LogP) is 1.01. The van der Waals surface area contributed by atoms with Crippen LogP contribution >= 0.6 is 0 Å². The molecule has 0 aliphatic rings. The van der Waals surface area contributed by atoms with Crippen LogP contribution in [0.25, 0.3) is 0 Å². The molecule has 0 unspecified atom stereocenters. The van der Waals surface area contributed by atoms with Gasteiger partial charge in [-0.3, -0.25) is 0 Å². The molecule has 0 aromatic carbocycles. The van der Waals surface area contributed by atoms with Crippen LogP contribution < -0.4 is 10.6 Å². The molecule has 0 fully saturated rings. The smallest absolute Gasteiger partial charge is 0.407 e. The van der Waals surface area contributed by atoms with E-state index in [4.69, 9.17) is 9.47 Å². The predicted molar refractivity (Wildman–Crippen MR) is 85.1 cm³/mol. The molecule has 23 heavy (non-hydrogen) atoms. The molecule has 8 heteroatoms. The fourth-order valence-electron chi connectivity index (χ4n) is 1.48. The Morgan fingerprint density at radius 1 is 0.783 bits per heavy atom. The standard InChI is InChI=1S/C15H30N2O6/c1-13(2,3)22-11(20)16-7-15(9-18,10-19)8-17-12(21)23-14(4,5)6/h18-19H,7-10H2,1-6H3,(H,16,20)(H,17,21). The Kier molecular flexibility index (Phi) is 7.79. The summed E-state index contributed by atoms with van der Waals surface area (Å²) in [5, 5.41) is 24.0. The fraction of sp³-hybridized carbons (Fsp3) is 0.867. The van der Waals surface area contributed by atoms with E-state index < -0.39 is 42.0 Å². The summed E-state index contributed by atoms with van der Waals surface area (Å²) in [5.74, 6) is 0. The van der Waals surface area contributed by atoms with Crippen LogP contribution in [-0.4, -0.2) is 59.9 Å². The van der Waals surface area contributed by atoms with Gasteiger partial charge in [-0.25, -0.2) is 9.59 Å². The number of nitrogens with one attached hydrogen (secondary N) is 2. The second-order valence-electron chi connectivity index (χ2n) is 7.53. The molecule has 0 saturated heterocycles. The summed E-state index contributed by atoms with van der Waals surface area (Å²) in [6, 6.07) is 0. The van der Waals surface area contributed by atoms with E-state index >= 15 is 0 Å². The van der Waals surface area contributed by atoms with E-state index in [0.29, 0.717) is 0 Å². The summed E-state index contributed by atoms with van der Waals surface area (Å²) in [4.78, 5) is 23.3. The minimum Gasteiger partial charge on any atom is -0.444 e. The third-order valence-electron chi connectivity index (χ3n) is 2.68. The Hall–Kier alpha value is -1.54. The van der Waals surface area contributed by atoms with Crippen molar-refractivity contribution >= 4 is 12.2 Å². The summed E-state index contributed by atoms with van der Waals surface area (Å²) >= 11 is 0. The molecule has 0 spiro atoms. The van der Waals surface area contributed by atoms with Crippen molar-refractivity contribution in [3.05, 3.63) is 0 Å². The highest BCUT2D eigenvalue weighted by molar-refractivity contribution is 5.68. The zero-order valence-corrected chi connectivity index (χ0v) is 14.9. The van der Waals surface area contributed by atoms with E-state index in [0.717, 1.165) is 0 Å². The largest absolute Gasteiger partial charge is 0.444 e. The maximum absolute atomic E-state index is 11.7. The van der Waals surface area contributed by atoms with Crippen LogP contribution in [0.1, 0.15) is 41.5 Å². The number of carbonyl (C=O) groups is 2. The van der Waals surface area contributed by atoms with E-state index in [9.17, 15) is 19.8 Å². The number of aliphatic hydroxyl groups excluding tert-OH is 2. The van der Waals surface area contributed by atoms with Crippen LogP contribution in [0, 0.1) is 5.41 Å². The molecule has 0 aromatic heterocycles. The minimum absolute atomic E-state index is 0.0648. The molecule has 136 valence electrons. The number of ether oxygens (including phenoxy) is 2. The lowest BCUT2D eigenvalue weighted by Crippen LogP contribution is -2.51. The number of alkyl carbamates (subject to hydrolysis) is 2. The van der Waals surface area contributed by atoms with Gasteiger partial charge in [-0.2, -0.15) is 0 Å². The van der Waals surface area contributed by atoms with Gasteiger partial charge in [0.15, 0.2) is 0 Å². The first kappa shape index (κ1) is 21.5. The van der Waals surface area contributed by atoms with Crippen LogP contribution in [0.4, 0.5) is 9.59 Å². The number of aliphatic hydroxyl groups is 2. The van der Waals surface area contributed by atoms with Crippen molar-refractivity contribution in [1.29, 1.82) is 0 Å². The lowest BCUT2D eigenvalue weighted by molar-refractivity contribution is 0.0274. The van der Waals surface area contributed by atoms with E-state index in [1.807, 2.05) is 0 Å². The van der Waals surface area contributed by atoms with Gasteiger partial charge >= 0.3 is 12.2 Å². The number of amides is 2. The Bertz CT molecular complexity index is 360. The molecule has 8 nitrogen and oxygen atoms in total. The van der Waals surface area contributed by atoms with Gasteiger partial charge in [-0.1, -0.05) is 0 Å². The molecule has 0 aliphatic carbocycles. The Morgan fingerprint density at radius 3 is 1.30 bits per heavy atom. The lowest BCUT2D eigenvalue weighted by atomic mass is 9.90. The molecule has 0 radical (unpaired) electrons. The van der Waals surface area contributed by atoms with Crippen molar-refractivity contribution in [2.75, 3.05) is 26.3 Å². The molecule has 0 aliphatic heterocycles. The third-order valence-corrected chi connectivity index (χ3v) is 2.68. The van der Waals surface area contributed by atoms with Gasteiger partial charge in [0.05, 0.1) is 18.6 Å². The van der Waals surface area contributed by atoms with Crippen LogP contribution in [0.3, 0.4) is 0 Å². The van der Waals surface area contributed by atoms with Gasteiger partial charge in [0, 0.05) is 13.1 Å². The molecule has 0 saturated carbocycles. The van der Waals surface area contributed by atoms with E-state index in [-0.39, 0.29) is 13.1 Å². The van der Waals surface area contributed by atoms with Gasteiger partial charge in [-0.05, 0) is 41.5 Å². The number of carbonyl (C=O) groups excluding carboxylic acids is 2. The highest BCUT2D eigenvalue weighted by atomic mass is 16.6. The van der Waals surface area contributed by atoms with Crippen LogP contribution in [0.2, 0.25) is 0 Å². The number of hydrogen-bond acceptors (Lipinski definition) is 6. The van der Waals surface area contributed by atoms with Crippen LogP contribution in [0.5, 0.6) is 0 Å². The molecular formula is C15H30N2O6. The van der Waals surface area contributed by atoms with Gasteiger partial charge in [-0.15, -0.1) is 0 Å². The number of rotatable bonds is 6. The van der Waals surface area contributed by atoms with Crippen LogP contribution in [-0.2, 0) is 9.47 Å². The van der Waals surface area contributed by atoms with Gasteiger partial charge in [0.1, 0.15) is 11.2 Å². The average molecular weight is 334 g/mol. The number of hydrogen-bond donors (Lipinski definition) is 4. The van der Waals surface area contributed by atoms with E-state index in [1.54, 1.807) is 41.5 Å². The Labute approximate surface area is 137 Å². The SMILES string of the molecule is CC(C)(C)OC(=O)NCC(CO)(CO)CNC(=O)OC(C)(C)C. The first-order valence-corrected chi connectivity index (χ1v) is 7.48. The maximum Gasteiger partial charge on any atom is 0.407 e. The third kappa shape index (κ3) is 9.96. The first-order valence-electron chi connectivity index (χ1n) is 7.48. The van der Waals surface area contributed by atoms with Crippen molar-refractivity contribution in [3.63, 3.8) is 0 Å². The zero-order valence-electron chi connectivity index (χ0n) is 14.9. The Morgan fingerprint density at radius 2 is 1.09 bits per heavy atom. The summed E-state index contributed by atoms with van der Waals surface area (Å²) in [7, 11) is 0. The van der Waals surface area contributed by atoms with Gasteiger partial charge in [0.25, 0.3) is 0 Å². The zero-order chi connectivity index (χ0) is 18.3. The summed E-state index contributed by atoms with van der Waals surface area (Å²) in [6.45, 7) is 9.34. The molecule has 4 N–H and O–H groups in total. The van der Waals surface area contributed by atoms with Crippen molar-refractivity contribution in [2.45, 2.75) is 52.7 Å². The molecule has 0 aromatic rings. The molecular weight excluding hydrogens is 304 g/mol. The second kappa shape index (κ2) is 8.35. The molecule has 0 rings (SSSR count). The maximum atomic E-state index is 11.7. The van der Waals surface area contributed by atoms with E-state index in [2.05, 4.69) is 10.6 Å². The average Bonchev–Trinajstić information content (AvgIpc) is 2.36. The Balaban J connectivity index is 4.57. The molecule has 0 bridgehead atoms. The highest BCUT2D eigenvalue weighted by Gasteiger charge is 2.31. The fourth-order valence-corrected chi connectivity index (χ4v) is 1.48. The topological polar surface area (TPSA) is 117 Å². The molecule has 2 amide bonds. The van der Waals surface area contributed by atoms with Crippen molar-refractivity contribution in [3.8, 4) is 0 Å². The lowest BCUT2D eigenvalue weighted by Gasteiger charge is -2.31. The summed E-state index contributed by atoms with van der Waals surface area (Å²) < 4.78 is 10.2. The monoisotopic (exact) mass is 334 g/mol. The normalized spacial score (nSPS) is 12.5.